The van der Waals surface area contributed by atoms with Crippen molar-refractivity contribution in [3.05, 3.63) is 22.8 Å². The molecule has 1 unspecified atom stereocenters. The van der Waals surface area contributed by atoms with Crippen LogP contribution in [-0.2, 0) is 9.53 Å². The van der Waals surface area contributed by atoms with Crippen molar-refractivity contribution in [3.8, 4) is 0 Å². The molecule has 0 saturated heterocycles. The van der Waals surface area contributed by atoms with Crippen LogP contribution in [0.4, 0.5) is 5.82 Å². The molecule has 0 saturated carbocycles. The molecule has 0 aliphatic heterocycles. The molecular formula is C15H22ClN3O3. The number of methoxy groups -OCH3 is 1. The number of hydrogen-bond acceptors (Lipinski definition) is 5. The molecule has 0 aromatic carbocycles. The van der Waals surface area contributed by atoms with Crippen LogP contribution in [0, 0.1) is 5.92 Å². The fraction of sp³-hybridized carbons (Fsp3) is 0.533. The maximum absolute atomic E-state index is 12.4. The first kappa shape index (κ1) is 18.2. The number of nitrogens with zero attached hydrogens (tertiary/aromatic N) is 2. The van der Waals surface area contributed by atoms with Crippen LogP contribution in [0.2, 0.25) is 5.15 Å². The summed E-state index contributed by atoms with van der Waals surface area (Å²) in [5.41, 5.74) is 0.348. The summed E-state index contributed by atoms with van der Waals surface area (Å²) in [5.74, 6) is -0.0441. The number of esters is 1. The van der Waals surface area contributed by atoms with Gasteiger partial charge in [0.2, 0.25) is 0 Å². The molecule has 0 radical (unpaired) electrons. The third-order valence-corrected chi connectivity index (χ3v) is 3.19. The number of halogens is 1. The van der Waals surface area contributed by atoms with E-state index in [1.54, 1.807) is 25.1 Å². The summed E-state index contributed by atoms with van der Waals surface area (Å²) in [6.45, 7) is 3.94. The lowest BCUT2D eigenvalue weighted by molar-refractivity contribution is -0.143. The highest BCUT2D eigenvalue weighted by Gasteiger charge is 2.23. The molecule has 0 spiro atoms. The number of amides is 1. The monoisotopic (exact) mass is 327 g/mol. The Hall–Kier alpha value is -1.82. The Labute approximate surface area is 135 Å². The first-order valence-electron chi connectivity index (χ1n) is 6.98. The highest BCUT2D eigenvalue weighted by molar-refractivity contribution is 6.30. The van der Waals surface area contributed by atoms with E-state index in [0.29, 0.717) is 17.8 Å². The van der Waals surface area contributed by atoms with Crippen molar-refractivity contribution in [1.29, 1.82) is 0 Å². The number of hydrogen-bond donors (Lipinski definition) is 1. The van der Waals surface area contributed by atoms with Gasteiger partial charge in [-0.3, -0.25) is 4.79 Å². The average molecular weight is 328 g/mol. The van der Waals surface area contributed by atoms with Gasteiger partial charge in [-0.25, -0.2) is 9.78 Å². The quantitative estimate of drug-likeness (QED) is 0.640. The fourth-order valence-corrected chi connectivity index (χ4v) is 2.12. The van der Waals surface area contributed by atoms with Gasteiger partial charge >= 0.3 is 5.97 Å². The molecule has 6 nitrogen and oxygen atoms in total. The number of anilines is 1. The van der Waals surface area contributed by atoms with Crippen LogP contribution >= 0.6 is 11.6 Å². The van der Waals surface area contributed by atoms with E-state index >= 15 is 0 Å². The van der Waals surface area contributed by atoms with Crippen LogP contribution in [0.15, 0.2) is 12.1 Å². The van der Waals surface area contributed by atoms with Gasteiger partial charge in [0.25, 0.3) is 5.91 Å². The molecule has 1 N–H and O–H groups in total. The predicted molar refractivity (Wildman–Crippen MR) is 86.3 cm³/mol. The van der Waals surface area contributed by atoms with Crippen LogP contribution < -0.4 is 10.2 Å². The van der Waals surface area contributed by atoms with Gasteiger partial charge in [0, 0.05) is 19.7 Å². The van der Waals surface area contributed by atoms with E-state index in [0.717, 1.165) is 0 Å². The number of ether oxygens (including phenoxy) is 1. The molecule has 1 aromatic rings. The third kappa shape index (κ3) is 5.18. The molecule has 1 amide bonds. The number of aromatic nitrogens is 1. The van der Waals surface area contributed by atoms with Crippen molar-refractivity contribution in [2.45, 2.75) is 26.3 Å². The van der Waals surface area contributed by atoms with Crippen molar-refractivity contribution in [1.82, 2.24) is 10.3 Å². The molecule has 1 aromatic heterocycles. The summed E-state index contributed by atoms with van der Waals surface area (Å²) >= 11 is 5.94. The minimum Gasteiger partial charge on any atom is -0.467 e. The summed E-state index contributed by atoms with van der Waals surface area (Å²) < 4.78 is 4.74. The molecule has 0 aliphatic rings. The van der Waals surface area contributed by atoms with Gasteiger partial charge in [0.15, 0.2) is 0 Å². The number of carbonyl (C=O) groups excluding carboxylic acids is 2. The summed E-state index contributed by atoms with van der Waals surface area (Å²) in [6, 6.07) is 2.39. The van der Waals surface area contributed by atoms with Gasteiger partial charge in [0.1, 0.15) is 17.0 Å². The van der Waals surface area contributed by atoms with Crippen molar-refractivity contribution in [3.63, 3.8) is 0 Å². The maximum atomic E-state index is 12.4. The molecule has 7 heteroatoms. The van der Waals surface area contributed by atoms with E-state index in [-0.39, 0.29) is 17.0 Å². The zero-order valence-electron chi connectivity index (χ0n) is 13.5. The lowest BCUT2D eigenvalue weighted by atomic mass is 10.0. The molecule has 122 valence electrons. The Balaban J connectivity index is 2.96. The van der Waals surface area contributed by atoms with E-state index in [9.17, 15) is 9.59 Å². The van der Waals surface area contributed by atoms with E-state index in [2.05, 4.69) is 10.3 Å². The van der Waals surface area contributed by atoms with E-state index in [1.165, 1.54) is 13.2 Å². The number of pyridine rings is 1. The molecule has 1 atom stereocenters. The van der Waals surface area contributed by atoms with Crippen LogP contribution in [0.3, 0.4) is 0 Å². The van der Waals surface area contributed by atoms with E-state index < -0.39 is 12.0 Å². The number of rotatable bonds is 6. The van der Waals surface area contributed by atoms with Gasteiger partial charge in [-0.15, -0.1) is 0 Å². The first-order chi connectivity index (χ1) is 10.2. The second-order valence-corrected chi connectivity index (χ2v) is 6.00. The molecule has 1 heterocycles. The molecule has 22 heavy (non-hydrogen) atoms. The minimum absolute atomic E-state index is 0.217. The van der Waals surface area contributed by atoms with Gasteiger partial charge in [-0.2, -0.15) is 0 Å². The first-order valence-corrected chi connectivity index (χ1v) is 7.36. The molecular weight excluding hydrogens is 306 g/mol. The Morgan fingerprint density at radius 2 is 2.00 bits per heavy atom. The Bertz CT molecular complexity index is 547. The van der Waals surface area contributed by atoms with Crippen molar-refractivity contribution in [2.24, 2.45) is 5.92 Å². The molecule has 1 rings (SSSR count). The van der Waals surface area contributed by atoms with Gasteiger partial charge in [-0.1, -0.05) is 25.4 Å². The van der Waals surface area contributed by atoms with Gasteiger partial charge < -0.3 is 15.0 Å². The molecule has 0 bridgehead atoms. The third-order valence-electron chi connectivity index (χ3n) is 3.00. The van der Waals surface area contributed by atoms with Crippen molar-refractivity contribution >= 4 is 29.3 Å². The van der Waals surface area contributed by atoms with Gasteiger partial charge in [-0.05, 0) is 24.5 Å². The summed E-state index contributed by atoms with van der Waals surface area (Å²) in [6.07, 6.45) is 0.498. The second kappa shape index (κ2) is 7.98. The van der Waals surface area contributed by atoms with Crippen LogP contribution in [0.5, 0.6) is 0 Å². The highest BCUT2D eigenvalue weighted by atomic mass is 35.5. The SMILES string of the molecule is COC(=O)C(CC(C)C)NC(=O)c1cc(Cl)nc(N(C)C)c1. The van der Waals surface area contributed by atoms with Gasteiger partial charge in [0.05, 0.1) is 7.11 Å². The van der Waals surface area contributed by atoms with Crippen LogP contribution in [0.1, 0.15) is 30.6 Å². The lowest BCUT2D eigenvalue weighted by Crippen LogP contribution is -2.42. The largest absolute Gasteiger partial charge is 0.467 e. The second-order valence-electron chi connectivity index (χ2n) is 5.61. The maximum Gasteiger partial charge on any atom is 0.328 e. The summed E-state index contributed by atoms with van der Waals surface area (Å²) in [5, 5.41) is 2.91. The smallest absolute Gasteiger partial charge is 0.328 e. The molecule has 0 aliphatic carbocycles. The minimum atomic E-state index is -0.688. The van der Waals surface area contributed by atoms with Crippen LogP contribution in [-0.4, -0.2) is 44.1 Å². The fourth-order valence-electron chi connectivity index (χ4n) is 1.91. The van der Waals surface area contributed by atoms with E-state index in [1.807, 2.05) is 13.8 Å². The molecule has 0 fully saturated rings. The standard InChI is InChI=1S/C15H22ClN3O3/c1-9(2)6-11(15(21)22-5)17-14(20)10-7-12(16)18-13(8-10)19(3)4/h7-9,11H,6H2,1-5H3,(H,17,20). The Kier molecular flexibility index (Phi) is 6.61. The zero-order valence-corrected chi connectivity index (χ0v) is 14.3. The predicted octanol–water partition coefficient (Wildman–Crippen LogP) is 2.12. The Morgan fingerprint density at radius 1 is 1.36 bits per heavy atom. The lowest BCUT2D eigenvalue weighted by Gasteiger charge is -2.19. The van der Waals surface area contributed by atoms with Crippen molar-refractivity contribution in [2.75, 3.05) is 26.1 Å². The summed E-state index contributed by atoms with van der Waals surface area (Å²) in [4.78, 5) is 30.0. The number of nitrogens with one attached hydrogen (secondary N) is 1. The topological polar surface area (TPSA) is 71.5 Å². The van der Waals surface area contributed by atoms with Crippen molar-refractivity contribution < 1.29 is 14.3 Å². The van der Waals surface area contributed by atoms with E-state index in [4.69, 9.17) is 16.3 Å². The zero-order chi connectivity index (χ0) is 16.9. The average Bonchev–Trinajstić information content (AvgIpc) is 2.44. The van der Waals surface area contributed by atoms with Crippen LogP contribution in [0.25, 0.3) is 0 Å². The Morgan fingerprint density at radius 3 is 2.50 bits per heavy atom. The normalized spacial score (nSPS) is 12.0. The highest BCUT2D eigenvalue weighted by Crippen LogP contribution is 2.17. The summed E-state index contributed by atoms with van der Waals surface area (Å²) in [7, 11) is 4.90. The number of carbonyl (C=O) groups is 2.